The van der Waals surface area contributed by atoms with Crippen LogP contribution in [0.1, 0.15) is 25.6 Å². The predicted octanol–water partition coefficient (Wildman–Crippen LogP) is 3.73. The Morgan fingerprint density at radius 2 is 1.21 bits per heavy atom. The number of rotatable bonds is 4. The Morgan fingerprint density at radius 1 is 0.750 bits per heavy atom. The van der Waals surface area contributed by atoms with Crippen LogP contribution in [-0.2, 0) is 9.59 Å². The highest BCUT2D eigenvalue weighted by Gasteiger charge is 2.15. The summed E-state index contributed by atoms with van der Waals surface area (Å²) in [7, 11) is 0. The SMILES string of the molecule is CC(=O)Oc1ccc(-c2cc(-c3ccc(OC(C)=O)cc3)n(C(C)=O)n2)cc1. The molecule has 0 aliphatic carbocycles. The van der Waals surface area contributed by atoms with Crippen molar-refractivity contribution in [2.24, 2.45) is 0 Å². The Balaban J connectivity index is 1.95. The van der Waals surface area contributed by atoms with Crippen LogP contribution in [0.2, 0.25) is 0 Å². The lowest BCUT2D eigenvalue weighted by Gasteiger charge is -2.05. The van der Waals surface area contributed by atoms with Crippen LogP contribution in [0.3, 0.4) is 0 Å². The smallest absolute Gasteiger partial charge is 0.308 e. The fraction of sp³-hybridized carbons (Fsp3) is 0.143. The molecule has 0 saturated carbocycles. The molecule has 142 valence electrons. The van der Waals surface area contributed by atoms with Crippen LogP contribution in [-0.4, -0.2) is 27.6 Å². The summed E-state index contributed by atoms with van der Waals surface area (Å²) in [6, 6.07) is 15.5. The van der Waals surface area contributed by atoms with Gasteiger partial charge in [-0.15, -0.1) is 0 Å². The van der Waals surface area contributed by atoms with Crippen LogP contribution < -0.4 is 9.47 Å². The molecule has 0 amide bonds. The number of carbonyl (C=O) groups excluding carboxylic acids is 3. The van der Waals surface area contributed by atoms with Gasteiger partial charge in [0, 0.05) is 31.9 Å². The lowest BCUT2D eigenvalue weighted by atomic mass is 10.1. The van der Waals surface area contributed by atoms with Crippen LogP contribution in [0.25, 0.3) is 22.5 Å². The van der Waals surface area contributed by atoms with E-state index in [4.69, 9.17) is 9.47 Å². The summed E-state index contributed by atoms with van der Waals surface area (Å²) in [5, 5.41) is 4.39. The highest BCUT2D eigenvalue weighted by atomic mass is 16.5. The first-order valence-electron chi connectivity index (χ1n) is 8.52. The summed E-state index contributed by atoms with van der Waals surface area (Å²) >= 11 is 0. The van der Waals surface area contributed by atoms with Gasteiger partial charge in [-0.1, -0.05) is 0 Å². The summed E-state index contributed by atoms with van der Waals surface area (Å²) < 4.78 is 11.4. The maximum absolute atomic E-state index is 12.0. The van der Waals surface area contributed by atoms with Crippen molar-refractivity contribution in [3.05, 3.63) is 54.6 Å². The Labute approximate surface area is 161 Å². The molecule has 0 unspecified atom stereocenters. The van der Waals surface area contributed by atoms with Crippen LogP contribution in [0.4, 0.5) is 0 Å². The second-order valence-corrected chi connectivity index (χ2v) is 6.08. The summed E-state index contributed by atoms with van der Waals surface area (Å²) in [6.07, 6.45) is 0. The number of carbonyl (C=O) groups is 3. The fourth-order valence-corrected chi connectivity index (χ4v) is 2.69. The molecule has 1 aromatic heterocycles. The van der Waals surface area contributed by atoms with E-state index < -0.39 is 11.9 Å². The number of nitrogens with zero attached hydrogens (tertiary/aromatic N) is 2. The normalized spacial score (nSPS) is 10.4. The minimum absolute atomic E-state index is 0.234. The largest absolute Gasteiger partial charge is 0.427 e. The third-order valence-electron chi connectivity index (χ3n) is 3.83. The van der Waals surface area contributed by atoms with Crippen molar-refractivity contribution < 1.29 is 23.9 Å². The highest BCUT2D eigenvalue weighted by Crippen LogP contribution is 2.28. The van der Waals surface area contributed by atoms with Gasteiger partial charge < -0.3 is 9.47 Å². The minimum Gasteiger partial charge on any atom is -0.427 e. The van der Waals surface area contributed by atoms with Gasteiger partial charge in [-0.2, -0.15) is 9.78 Å². The molecule has 0 aliphatic rings. The van der Waals surface area contributed by atoms with Crippen LogP contribution in [0.15, 0.2) is 54.6 Å². The molecule has 0 bridgehead atoms. The van der Waals surface area contributed by atoms with Gasteiger partial charge in [-0.05, 0) is 54.6 Å². The second kappa shape index (κ2) is 7.87. The van der Waals surface area contributed by atoms with Crippen molar-refractivity contribution in [2.45, 2.75) is 20.8 Å². The van der Waals surface area contributed by atoms with E-state index in [2.05, 4.69) is 5.10 Å². The Morgan fingerprint density at radius 3 is 1.64 bits per heavy atom. The zero-order valence-electron chi connectivity index (χ0n) is 15.6. The average Bonchev–Trinajstić information content (AvgIpc) is 3.08. The van der Waals surface area contributed by atoms with Crippen molar-refractivity contribution in [2.75, 3.05) is 0 Å². The molecule has 7 heteroatoms. The molecule has 0 fully saturated rings. The van der Waals surface area contributed by atoms with Gasteiger partial charge in [0.05, 0.1) is 11.4 Å². The van der Waals surface area contributed by atoms with Crippen molar-refractivity contribution in [1.29, 1.82) is 0 Å². The molecule has 0 N–H and O–H groups in total. The molecule has 1 heterocycles. The zero-order valence-corrected chi connectivity index (χ0v) is 15.6. The second-order valence-electron chi connectivity index (χ2n) is 6.08. The van der Waals surface area contributed by atoms with Gasteiger partial charge in [-0.3, -0.25) is 14.4 Å². The molecule has 0 atom stereocenters. The van der Waals surface area contributed by atoms with Crippen LogP contribution in [0.5, 0.6) is 11.5 Å². The van der Waals surface area contributed by atoms with Gasteiger partial charge >= 0.3 is 11.9 Å². The van der Waals surface area contributed by atoms with Crippen molar-refractivity contribution in [3.63, 3.8) is 0 Å². The number of hydrogen-bond donors (Lipinski definition) is 0. The first-order valence-corrected chi connectivity index (χ1v) is 8.52. The van der Waals surface area contributed by atoms with Crippen molar-refractivity contribution >= 4 is 17.8 Å². The first kappa shape index (κ1) is 19.0. The average molecular weight is 378 g/mol. The lowest BCUT2D eigenvalue weighted by molar-refractivity contribution is -0.132. The molecule has 0 saturated heterocycles. The minimum atomic E-state index is -0.402. The highest BCUT2D eigenvalue weighted by molar-refractivity contribution is 5.83. The number of ether oxygens (including phenoxy) is 2. The van der Waals surface area contributed by atoms with Gasteiger partial charge in [0.15, 0.2) is 0 Å². The van der Waals surface area contributed by atoms with Crippen LogP contribution in [0, 0.1) is 0 Å². The number of benzene rings is 2. The van der Waals surface area contributed by atoms with E-state index >= 15 is 0 Å². The fourth-order valence-electron chi connectivity index (χ4n) is 2.69. The molecule has 28 heavy (non-hydrogen) atoms. The summed E-state index contributed by atoms with van der Waals surface area (Å²) in [5.41, 5.74) is 2.74. The quantitative estimate of drug-likeness (QED) is 0.508. The van der Waals surface area contributed by atoms with E-state index in [1.807, 2.05) is 0 Å². The van der Waals surface area contributed by atoms with Crippen molar-refractivity contribution in [3.8, 4) is 34.0 Å². The summed E-state index contributed by atoms with van der Waals surface area (Å²) in [4.78, 5) is 34.1. The van der Waals surface area contributed by atoms with E-state index in [-0.39, 0.29) is 5.91 Å². The molecule has 2 aromatic carbocycles. The molecule has 0 spiro atoms. The Bertz CT molecular complexity index is 1030. The molecular weight excluding hydrogens is 360 g/mol. The third kappa shape index (κ3) is 4.32. The molecule has 7 nitrogen and oxygen atoms in total. The Hall–Kier alpha value is -3.74. The topological polar surface area (TPSA) is 87.5 Å². The molecule has 0 radical (unpaired) electrons. The lowest BCUT2D eigenvalue weighted by Crippen LogP contribution is -2.09. The van der Waals surface area contributed by atoms with Crippen molar-refractivity contribution in [1.82, 2.24) is 9.78 Å². The van der Waals surface area contributed by atoms with E-state index in [9.17, 15) is 14.4 Å². The maximum Gasteiger partial charge on any atom is 0.308 e. The monoisotopic (exact) mass is 378 g/mol. The zero-order chi connectivity index (χ0) is 20.3. The third-order valence-corrected chi connectivity index (χ3v) is 3.83. The van der Waals surface area contributed by atoms with E-state index in [0.717, 1.165) is 11.1 Å². The molecular formula is C21H18N2O5. The van der Waals surface area contributed by atoms with Gasteiger partial charge in [0.1, 0.15) is 11.5 Å². The molecule has 0 aliphatic heterocycles. The van der Waals surface area contributed by atoms with E-state index in [1.54, 1.807) is 54.6 Å². The summed E-state index contributed by atoms with van der Waals surface area (Å²) in [6.45, 7) is 4.09. The molecule has 3 rings (SSSR count). The maximum atomic E-state index is 12.0. The van der Waals surface area contributed by atoms with Gasteiger partial charge in [0.2, 0.25) is 5.91 Å². The van der Waals surface area contributed by atoms with E-state index in [0.29, 0.717) is 22.9 Å². The van der Waals surface area contributed by atoms with Gasteiger partial charge in [-0.25, -0.2) is 0 Å². The van der Waals surface area contributed by atoms with Gasteiger partial charge in [0.25, 0.3) is 0 Å². The standard InChI is InChI=1S/C21H18N2O5/c1-13(24)23-21(17-6-10-19(11-7-17)28-15(3)26)12-20(22-23)16-4-8-18(9-5-16)27-14(2)25/h4-12H,1-3H3. The first-order chi connectivity index (χ1) is 13.3. The molecule has 3 aromatic rings. The number of aromatic nitrogens is 2. The van der Waals surface area contributed by atoms with E-state index in [1.165, 1.54) is 25.5 Å². The number of esters is 2. The van der Waals surface area contributed by atoms with Crippen LogP contribution >= 0.6 is 0 Å². The number of hydrogen-bond acceptors (Lipinski definition) is 6. The predicted molar refractivity (Wildman–Crippen MR) is 102 cm³/mol. The summed E-state index contributed by atoms with van der Waals surface area (Å²) in [5.74, 6) is -0.175. The Kier molecular flexibility index (Phi) is 5.35.